The van der Waals surface area contributed by atoms with Gasteiger partial charge in [0, 0.05) is 13.0 Å². The fourth-order valence-electron chi connectivity index (χ4n) is 0.966. The van der Waals surface area contributed by atoms with E-state index in [9.17, 15) is 10.1 Å². The zero-order valence-electron chi connectivity index (χ0n) is 10.4. The molecule has 1 rings (SSSR count). The summed E-state index contributed by atoms with van der Waals surface area (Å²) < 4.78 is 0. The molecule has 0 aliphatic heterocycles. The largest absolute Gasteiger partial charge is 0.481 e. The second kappa shape index (κ2) is 8.43. The van der Waals surface area contributed by atoms with E-state index in [2.05, 4.69) is 10.2 Å². The van der Waals surface area contributed by atoms with Crippen molar-refractivity contribution in [3.63, 3.8) is 0 Å². The number of aliphatic carboxylic acids is 1. The molecule has 0 bridgehead atoms. The molecule has 0 saturated heterocycles. The third-order valence-electron chi connectivity index (χ3n) is 1.59. The lowest BCUT2D eigenvalue weighted by atomic mass is 10.2. The van der Waals surface area contributed by atoms with Gasteiger partial charge in [-0.3, -0.25) is 14.9 Å². The van der Waals surface area contributed by atoms with Crippen molar-refractivity contribution in [1.82, 2.24) is 0 Å². The van der Waals surface area contributed by atoms with Crippen LogP contribution >= 0.6 is 11.6 Å². The molecule has 0 unspecified atom stereocenters. The van der Waals surface area contributed by atoms with Gasteiger partial charge in [0.2, 0.25) is 5.96 Å². The van der Waals surface area contributed by atoms with Gasteiger partial charge < -0.3 is 16.6 Å². The van der Waals surface area contributed by atoms with E-state index in [0.717, 1.165) is 13.1 Å². The first-order valence-electron chi connectivity index (χ1n) is 5.00. The lowest BCUT2D eigenvalue weighted by Crippen LogP contribution is -2.21. The van der Waals surface area contributed by atoms with E-state index in [1.54, 1.807) is 0 Å². The van der Waals surface area contributed by atoms with Crippen LogP contribution in [0.15, 0.2) is 28.4 Å². The Bertz CT molecular complexity index is 551. The molecule has 0 radical (unpaired) electrons. The Hall–Kier alpha value is -2.68. The molecule has 0 atom stereocenters. The highest BCUT2D eigenvalue weighted by Crippen LogP contribution is 2.24. The van der Waals surface area contributed by atoms with Crippen LogP contribution in [0, 0.1) is 10.1 Å². The first kappa shape index (κ1) is 17.3. The summed E-state index contributed by atoms with van der Waals surface area (Å²) in [5, 5.41) is 25.1. The molecule has 0 saturated carbocycles. The summed E-state index contributed by atoms with van der Waals surface area (Å²) in [7, 11) is 0. The molecule has 0 heterocycles. The third-order valence-corrected chi connectivity index (χ3v) is 1.92. The molecule has 1 aromatic rings. The van der Waals surface area contributed by atoms with Gasteiger partial charge in [-0.05, 0) is 6.07 Å². The van der Waals surface area contributed by atoms with Crippen LogP contribution in [0.1, 0.15) is 12.5 Å². The summed E-state index contributed by atoms with van der Waals surface area (Å²) in [6.07, 6.45) is 1.13. The number of halogens is 1. The SMILES string of the molecule is CC(=O)O.NC(N)=N/N=C/c1c(Cl)cccc1[N+](=O)[O-]. The van der Waals surface area contributed by atoms with Crippen molar-refractivity contribution in [2.45, 2.75) is 6.92 Å². The van der Waals surface area contributed by atoms with E-state index in [1.807, 2.05) is 0 Å². The first-order chi connectivity index (χ1) is 9.25. The van der Waals surface area contributed by atoms with Crippen LogP contribution in [0.4, 0.5) is 5.69 Å². The number of nitrogens with zero attached hydrogens (tertiary/aromatic N) is 3. The van der Waals surface area contributed by atoms with Crippen LogP contribution in [-0.4, -0.2) is 28.2 Å². The average molecular weight is 302 g/mol. The van der Waals surface area contributed by atoms with Crippen molar-refractivity contribution in [1.29, 1.82) is 0 Å². The number of hydrogen-bond acceptors (Lipinski definition) is 5. The monoisotopic (exact) mass is 301 g/mol. The Morgan fingerprint density at radius 3 is 2.50 bits per heavy atom. The predicted octanol–water partition coefficient (Wildman–Crippen LogP) is 0.946. The van der Waals surface area contributed by atoms with Crippen LogP contribution in [-0.2, 0) is 4.79 Å². The van der Waals surface area contributed by atoms with E-state index in [4.69, 9.17) is 33.0 Å². The number of rotatable bonds is 3. The van der Waals surface area contributed by atoms with E-state index in [-0.39, 0.29) is 22.2 Å². The summed E-state index contributed by atoms with van der Waals surface area (Å²) in [5.41, 5.74) is 10.1. The molecule has 0 fully saturated rings. The van der Waals surface area contributed by atoms with Gasteiger partial charge in [-0.25, -0.2) is 0 Å². The van der Waals surface area contributed by atoms with Crippen molar-refractivity contribution in [2.24, 2.45) is 21.7 Å². The lowest BCUT2D eigenvalue weighted by molar-refractivity contribution is -0.385. The molecule has 9 nitrogen and oxygen atoms in total. The van der Waals surface area contributed by atoms with Crippen LogP contribution in [0.5, 0.6) is 0 Å². The highest BCUT2D eigenvalue weighted by molar-refractivity contribution is 6.33. The van der Waals surface area contributed by atoms with Crippen LogP contribution in [0.2, 0.25) is 5.02 Å². The molecule has 0 aromatic heterocycles. The van der Waals surface area contributed by atoms with Gasteiger partial charge in [0.1, 0.15) is 0 Å². The van der Waals surface area contributed by atoms with Gasteiger partial charge in [0.05, 0.1) is 21.7 Å². The predicted molar refractivity (Wildman–Crippen MR) is 74.8 cm³/mol. The number of carbonyl (C=O) groups is 1. The van der Waals surface area contributed by atoms with E-state index in [1.165, 1.54) is 18.2 Å². The first-order valence-corrected chi connectivity index (χ1v) is 5.38. The zero-order chi connectivity index (χ0) is 15.7. The van der Waals surface area contributed by atoms with Crippen molar-refractivity contribution in [3.05, 3.63) is 38.9 Å². The molecule has 10 heteroatoms. The number of nitro groups is 1. The molecule has 0 aliphatic rings. The van der Waals surface area contributed by atoms with E-state index >= 15 is 0 Å². The number of guanidine groups is 1. The minimum absolute atomic E-state index is 0.152. The molecule has 5 N–H and O–H groups in total. The molecule has 0 spiro atoms. The Labute approximate surface area is 118 Å². The Morgan fingerprint density at radius 1 is 1.50 bits per heavy atom. The Kier molecular flexibility index (Phi) is 7.30. The normalized spacial score (nSPS) is 9.50. The van der Waals surface area contributed by atoms with Crippen molar-refractivity contribution in [2.75, 3.05) is 0 Å². The Morgan fingerprint density at radius 2 is 2.05 bits per heavy atom. The lowest BCUT2D eigenvalue weighted by Gasteiger charge is -1.98. The summed E-state index contributed by atoms with van der Waals surface area (Å²) in [6, 6.07) is 4.28. The number of carboxylic acids is 1. The highest BCUT2D eigenvalue weighted by Gasteiger charge is 2.14. The summed E-state index contributed by atoms with van der Waals surface area (Å²) in [6.45, 7) is 1.08. The zero-order valence-corrected chi connectivity index (χ0v) is 11.1. The molecular formula is C10H12ClN5O4. The van der Waals surface area contributed by atoms with E-state index < -0.39 is 10.9 Å². The smallest absolute Gasteiger partial charge is 0.300 e. The molecule has 0 amide bonds. The number of benzene rings is 1. The van der Waals surface area contributed by atoms with E-state index in [0.29, 0.717) is 0 Å². The molecule has 1 aromatic carbocycles. The summed E-state index contributed by atoms with van der Waals surface area (Å²) in [4.78, 5) is 19.1. The second-order valence-electron chi connectivity index (χ2n) is 3.22. The minimum atomic E-state index is -0.833. The van der Waals surface area contributed by atoms with Crippen LogP contribution in [0.3, 0.4) is 0 Å². The minimum Gasteiger partial charge on any atom is -0.481 e. The quantitative estimate of drug-likeness (QED) is 0.326. The topological polar surface area (TPSA) is 157 Å². The summed E-state index contributed by atoms with van der Waals surface area (Å²) in [5.74, 6) is -1.08. The van der Waals surface area contributed by atoms with Crippen LogP contribution in [0.25, 0.3) is 0 Å². The van der Waals surface area contributed by atoms with Gasteiger partial charge >= 0.3 is 0 Å². The van der Waals surface area contributed by atoms with Crippen molar-refractivity contribution in [3.8, 4) is 0 Å². The number of carboxylic acid groups (broad SMARTS) is 1. The Balaban J connectivity index is 0.000000796. The average Bonchev–Trinajstić information content (AvgIpc) is 2.29. The number of nitrogens with two attached hydrogens (primary N) is 2. The maximum absolute atomic E-state index is 10.7. The van der Waals surface area contributed by atoms with Crippen LogP contribution < -0.4 is 11.5 Å². The van der Waals surface area contributed by atoms with Gasteiger partial charge in [0.15, 0.2) is 0 Å². The number of nitro benzene ring substituents is 1. The van der Waals surface area contributed by atoms with Gasteiger partial charge in [-0.1, -0.05) is 17.7 Å². The molecule has 20 heavy (non-hydrogen) atoms. The molecular weight excluding hydrogens is 290 g/mol. The highest BCUT2D eigenvalue weighted by atomic mass is 35.5. The standard InChI is InChI=1S/C8H8ClN5O2.C2H4O2/c9-6-2-1-3-7(14(15)16)5(6)4-12-13-8(10)11;1-2(3)4/h1-4H,(H4,10,11,13);1H3,(H,3,4)/b12-4+;. The maximum Gasteiger partial charge on any atom is 0.300 e. The second-order valence-corrected chi connectivity index (χ2v) is 3.63. The molecule has 0 aliphatic carbocycles. The van der Waals surface area contributed by atoms with Crippen molar-refractivity contribution < 1.29 is 14.8 Å². The van der Waals surface area contributed by atoms with Gasteiger partial charge in [-0.2, -0.15) is 5.10 Å². The number of hydrogen-bond donors (Lipinski definition) is 3. The fraction of sp³-hybridized carbons (Fsp3) is 0.100. The van der Waals surface area contributed by atoms with Gasteiger partial charge in [-0.15, -0.1) is 5.10 Å². The summed E-state index contributed by atoms with van der Waals surface area (Å²) >= 11 is 5.78. The third kappa shape index (κ3) is 6.91. The van der Waals surface area contributed by atoms with Gasteiger partial charge in [0.25, 0.3) is 11.7 Å². The fourth-order valence-corrected chi connectivity index (χ4v) is 1.18. The van der Waals surface area contributed by atoms with Crippen molar-refractivity contribution >= 4 is 35.4 Å². The maximum atomic E-state index is 10.7. The molecule has 108 valence electrons.